The monoisotopic (exact) mass is 226 g/mol. The van der Waals surface area contributed by atoms with Crippen molar-refractivity contribution < 1.29 is 9.84 Å². The lowest BCUT2D eigenvalue weighted by atomic mass is 9.61. The van der Waals surface area contributed by atoms with Gasteiger partial charge in [-0.2, -0.15) is 0 Å². The summed E-state index contributed by atoms with van der Waals surface area (Å²) in [5.74, 6) is 0.829. The minimum atomic E-state index is -0.326. The summed E-state index contributed by atoms with van der Waals surface area (Å²) in [6, 6.07) is 0. The Labute approximate surface area is 99.7 Å². The average Bonchev–Trinajstić information content (AvgIpc) is 2.23. The van der Waals surface area contributed by atoms with Crippen molar-refractivity contribution in [2.24, 2.45) is 17.3 Å². The summed E-state index contributed by atoms with van der Waals surface area (Å²) in [5.41, 5.74) is 0.235. The fourth-order valence-corrected chi connectivity index (χ4v) is 3.12. The smallest absolute Gasteiger partial charge is 0.0838 e. The van der Waals surface area contributed by atoms with Crippen molar-refractivity contribution in [1.29, 1.82) is 0 Å². The van der Waals surface area contributed by atoms with E-state index < -0.39 is 0 Å². The van der Waals surface area contributed by atoms with Crippen LogP contribution in [-0.2, 0) is 4.74 Å². The topological polar surface area (TPSA) is 29.5 Å². The Morgan fingerprint density at radius 1 is 1.44 bits per heavy atom. The molecule has 0 heterocycles. The van der Waals surface area contributed by atoms with Crippen LogP contribution < -0.4 is 0 Å². The number of hydrogen-bond donors (Lipinski definition) is 1. The van der Waals surface area contributed by atoms with E-state index in [1.54, 1.807) is 7.11 Å². The molecule has 0 radical (unpaired) electrons. The summed E-state index contributed by atoms with van der Waals surface area (Å²) in [5, 5.41) is 10.2. The summed E-state index contributed by atoms with van der Waals surface area (Å²) < 4.78 is 5.39. The van der Waals surface area contributed by atoms with Gasteiger partial charge in [0.1, 0.15) is 0 Å². The number of methoxy groups -OCH3 is 1. The van der Waals surface area contributed by atoms with Gasteiger partial charge < -0.3 is 9.84 Å². The van der Waals surface area contributed by atoms with Gasteiger partial charge in [0.15, 0.2) is 0 Å². The lowest BCUT2D eigenvalue weighted by molar-refractivity contribution is -0.123. The van der Waals surface area contributed by atoms with Gasteiger partial charge in [0.05, 0.1) is 12.2 Å². The number of rotatable bonds is 3. The highest BCUT2D eigenvalue weighted by Crippen LogP contribution is 2.46. The highest BCUT2D eigenvalue weighted by atomic mass is 16.5. The Morgan fingerprint density at radius 2 is 2.06 bits per heavy atom. The molecule has 4 unspecified atom stereocenters. The zero-order valence-corrected chi connectivity index (χ0v) is 11.2. The highest BCUT2D eigenvalue weighted by Gasteiger charge is 2.45. The Morgan fingerprint density at radius 3 is 2.56 bits per heavy atom. The van der Waals surface area contributed by atoms with Gasteiger partial charge in [-0.15, -0.1) is 0 Å². The van der Waals surface area contributed by atoms with E-state index in [1.807, 2.05) is 0 Å². The number of ether oxygens (including phenoxy) is 1. The standard InChI is InChI=1S/C14H26O2/c1-6-7-8-11-10(2)13(15)12(16-5)9-14(11,3)4/h6-7,10-13,15H,8-9H2,1-5H3/b7-6+. The molecule has 1 N–H and O–H groups in total. The second-order valence-electron chi connectivity index (χ2n) is 5.73. The molecule has 1 aliphatic rings. The second-order valence-corrected chi connectivity index (χ2v) is 5.73. The van der Waals surface area contributed by atoms with Crippen LogP contribution in [-0.4, -0.2) is 24.4 Å². The van der Waals surface area contributed by atoms with Crippen LogP contribution in [0.2, 0.25) is 0 Å². The van der Waals surface area contributed by atoms with Crippen LogP contribution in [0.25, 0.3) is 0 Å². The minimum absolute atomic E-state index is 0.00754. The number of allylic oxidation sites excluding steroid dienone is 2. The van der Waals surface area contributed by atoms with Crippen LogP contribution in [0.4, 0.5) is 0 Å². The summed E-state index contributed by atoms with van der Waals surface area (Å²) in [4.78, 5) is 0. The maximum atomic E-state index is 10.2. The molecule has 0 aromatic heterocycles. The van der Waals surface area contributed by atoms with Crippen molar-refractivity contribution in [3.63, 3.8) is 0 Å². The van der Waals surface area contributed by atoms with E-state index in [4.69, 9.17) is 4.74 Å². The minimum Gasteiger partial charge on any atom is -0.390 e. The van der Waals surface area contributed by atoms with Gasteiger partial charge >= 0.3 is 0 Å². The molecule has 16 heavy (non-hydrogen) atoms. The van der Waals surface area contributed by atoms with Crippen LogP contribution in [0.1, 0.15) is 40.5 Å². The normalized spacial score (nSPS) is 39.1. The third-order valence-corrected chi connectivity index (χ3v) is 4.21. The van der Waals surface area contributed by atoms with E-state index in [0.29, 0.717) is 11.8 Å². The maximum Gasteiger partial charge on any atom is 0.0838 e. The molecule has 94 valence electrons. The molecule has 1 fully saturated rings. The first-order valence-electron chi connectivity index (χ1n) is 6.26. The summed E-state index contributed by atoms with van der Waals surface area (Å²) in [6.07, 6.45) is 5.97. The quantitative estimate of drug-likeness (QED) is 0.750. The van der Waals surface area contributed by atoms with Gasteiger partial charge in [-0.1, -0.05) is 32.9 Å². The van der Waals surface area contributed by atoms with Crippen molar-refractivity contribution in [3.8, 4) is 0 Å². The van der Waals surface area contributed by atoms with E-state index in [1.165, 1.54) is 0 Å². The Balaban J connectivity index is 2.82. The average molecular weight is 226 g/mol. The molecule has 0 spiro atoms. The van der Waals surface area contributed by atoms with Gasteiger partial charge in [0.2, 0.25) is 0 Å². The molecular weight excluding hydrogens is 200 g/mol. The Bertz CT molecular complexity index is 245. The summed E-state index contributed by atoms with van der Waals surface area (Å²) >= 11 is 0. The molecule has 1 saturated carbocycles. The fourth-order valence-electron chi connectivity index (χ4n) is 3.12. The molecule has 0 aromatic rings. The van der Waals surface area contributed by atoms with Gasteiger partial charge in [-0.25, -0.2) is 0 Å². The largest absolute Gasteiger partial charge is 0.390 e. The van der Waals surface area contributed by atoms with Crippen LogP contribution in [0.3, 0.4) is 0 Å². The number of aliphatic hydroxyl groups excluding tert-OH is 1. The number of hydrogen-bond acceptors (Lipinski definition) is 2. The lowest BCUT2D eigenvalue weighted by Gasteiger charge is -2.48. The molecule has 0 saturated heterocycles. The predicted octanol–water partition coefficient (Wildman–Crippen LogP) is 3.01. The first-order valence-corrected chi connectivity index (χ1v) is 6.26. The SMILES string of the molecule is C/C=C/CC1C(C)C(O)C(OC)CC1(C)C. The predicted molar refractivity (Wildman–Crippen MR) is 67.3 cm³/mol. The van der Waals surface area contributed by atoms with Gasteiger partial charge in [-0.3, -0.25) is 0 Å². The first-order chi connectivity index (χ1) is 7.44. The molecule has 0 amide bonds. The van der Waals surface area contributed by atoms with Gasteiger partial charge in [-0.05, 0) is 37.0 Å². The van der Waals surface area contributed by atoms with Crippen LogP contribution in [0.5, 0.6) is 0 Å². The molecule has 2 heteroatoms. The van der Waals surface area contributed by atoms with E-state index in [-0.39, 0.29) is 17.6 Å². The fraction of sp³-hybridized carbons (Fsp3) is 0.857. The third kappa shape index (κ3) is 2.67. The maximum absolute atomic E-state index is 10.2. The van der Waals surface area contributed by atoms with E-state index in [0.717, 1.165) is 12.8 Å². The molecular formula is C14H26O2. The highest BCUT2D eigenvalue weighted by molar-refractivity contribution is 4.98. The first kappa shape index (κ1) is 13.7. The Kier molecular flexibility index (Phi) is 4.57. The molecule has 0 aromatic carbocycles. The second kappa shape index (κ2) is 5.33. The lowest BCUT2D eigenvalue weighted by Crippen LogP contribution is -2.50. The third-order valence-electron chi connectivity index (χ3n) is 4.21. The van der Waals surface area contributed by atoms with Crippen LogP contribution >= 0.6 is 0 Å². The van der Waals surface area contributed by atoms with Gasteiger partial charge in [0, 0.05) is 7.11 Å². The van der Waals surface area contributed by atoms with Crippen molar-refractivity contribution in [3.05, 3.63) is 12.2 Å². The Hall–Kier alpha value is -0.340. The molecule has 1 aliphatic carbocycles. The number of aliphatic hydroxyl groups is 1. The zero-order chi connectivity index (χ0) is 12.3. The molecule has 2 nitrogen and oxygen atoms in total. The zero-order valence-electron chi connectivity index (χ0n) is 11.2. The van der Waals surface area contributed by atoms with Gasteiger partial charge in [0.25, 0.3) is 0 Å². The summed E-state index contributed by atoms with van der Waals surface area (Å²) in [6.45, 7) is 8.77. The molecule has 0 bridgehead atoms. The van der Waals surface area contributed by atoms with Crippen LogP contribution in [0, 0.1) is 17.3 Å². The van der Waals surface area contributed by atoms with Crippen LogP contribution in [0.15, 0.2) is 12.2 Å². The van der Waals surface area contributed by atoms with E-state index >= 15 is 0 Å². The molecule has 1 rings (SSSR count). The van der Waals surface area contributed by atoms with E-state index in [9.17, 15) is 5.11 Å². The molecule has 4 atom stereocenters. The van der Waals surface area contributed by atoms with Crippen molar-refractivity contribution >= 4 is 0 Å². The van der Waals surface area contributed by atoms with Crippen molar-refractivity contribution in [2.75, 3.05) is 7.11 Å². The van der Waals surface area contributed by atoms with Crippen molar-refractivity contribution in [2.45, 2.75) is 52.7 Å². The van der Waals surface area contributed by atoms with Crippen molar-refractivity contribution in [1.82, 2.24) is 0 Å². The molecule has 0 aliphatic heterocycles. The van der Waals surface area contributed by atoms with E-state index in [2.05, 4.69) is 39.8 Å². The summed E-state index contributed by atoms with van der Waals surface area (Å²) in [7, 11) is 1.70.